The smallest absolute Gasteiger partial charge is 0.250 e. The predicted octanol–water partition coefficient (Wildman–Crippen LogP) is 2.19. The molecule has 0 aromatic carbocycles. The van der Waals surface area contributed by atoms with E-state index in [1.165, 1.54) is 6.07 Å². The summed E-state index contributed by atoms with van der Waals surface area (Å²) in [5.41, 5.74) is 6.01. The molecule has 1 atom stereocenters. The van der Waals surface area contributed by atoms with Crippen molar-refractivity contribution < 1.29 is 8.42 Å². The molecule has 0 amide bonds. The van der Waals surface area contributed by atoms with Crippen molar-refractivity contribution in [1.29, 1.82) is 0 Å². The van der Waals surface area contributed by atoms with Gasteiger partial charge in [-0.15, -0.1) is 11.3 Å². The quantitative estimate of drug-likeness (QED) is 0.825. The molecule has 6 heteroatoms. The third-order valence-corrected chi connectivity index (χ3v) is 5.29. The first-order chi connectivity index (χ1) is 7.49. The van der Waals surface area contributed by atoms with E-state index < -0.39 is 10.0 Å². The van der Waals surface area contributed by atoms with E-state index in [0.717, 1.165) is 30.6 Å². The van der Waals surface area contributed by atoms with Gasteiger partial charge in [0.1, 0.15) is 4.21 Å². The summed E-state index contributed by atoms with van der Waals surface area (Å²) in [5.74, 6) is 0. The molecule has 0 saturated heterocycles. The van der Waals surface area contributed by atoms with Crippen LogP contribution in [-0.2, 0) is 10.0 Å². The van der Waals surface area contributed by atoms with Crippen LogP contribution in [0.2, 0.25) is 0 Å². The maximum atomic E-state index is 11.9. The number of hydrogen-bond donors (Lipinski definition) is 2. The Labute approximate surface area is 101 Å². The third kappa shape index (κ3) is 3.47. The zero-order chi connectivity index (χ0) is 12.2. The molecule has 0 radical (unpaired) electrons. The Bertz CT molecular complexity index is 426. The average Bonchev–Trinajstić information content (AvgIpc) is 2.64. The highest BCUT2D eigenvalue weighted by Crippen LogP contribution is 2.22. The van der Waals surface area contributed by atoms with E-state index in [1.54, 1.807) is 5.38 Å². The van der Waals surface area contributed by atoms with Crippen molar-refractivity contribution in [2.75, 3.05) is 5.73 Å². The molecule has 4 nitrogen and oxygen atoms in total. The van der Waals surface area contributed by atoms with Crippen molar-refractivity contribution in [2.45, 2.75) is 43.4 Å². The molecular formula is C10H18N2O2S2. The SMILES string of the molecule is CCCC(CC)NS(=O)(=O)c1cc(N)cs1. The summed E-state index contributed by atoms with van der Waals surface area (Å²) in [6, 6.07) is 1.50. The summed E-state index contributed by atoms with van der Waals surface area (Å²) < 4.78 is 26.9. The van der Waals surface area contributed by atoms with Crippen LogP contribution >= 0.6 is 11.3 Å². The summed E-state index contributed by atoms with van der Waals surface area (Å²) >= 11 is 1.15. The summed E-state index contributed by atoms with van der Waals surface area (Å²) in [5, 5.41) is 1.63. The fraction of sp³-hybridized carbons (Fsp3) is 0.600. The zero-order valence-electron chi connectivity index (χ0n) is 9.56. The van der Waals surface area contributed by atoms with Crippen LogP contribution in [-0.4, -0.2) is 14.5 Å². The Balaban J connectivity index is 2.78. The number of sulfonamides is 1. The van der Waals surface area contributed by atoms with Crippen molar-refractivity contribution in [1.82, 2.24) is 4.72 Å². The molecule has 0 aliphatic heterocycles. The molecule has 3 N–H and O–H groups in total. The lowest BCUT2D eigenvalue weighted by Crippen LogP contribution is -2.33. The van der Waals surface area contributed by atoms with Crippen LogP contribution in [0.5, 0.6) is 0 Å². The van der Waals surface area contributed by atoms with Crippen LogP contribution in [0.1, 0.15) is 33.1 Å². The Morgan fingerprint density at radius 2 is 2.19 bits per heavy atom. The maximum absolute atomic E-state index is 11.9. The molecule has 1 rings (SSSR count). The summed E-state index contributed by atoms with van der Waals surface area (Å²) in [6.45, 7) is 4.02. The summed E-state index contributed by atoms with van der Waals surface area (Å²) in [6.07, 6.45) is 2.62. The number of nitrogen functional groups attached to an aromatic ring is 1. The maximum Gasteiger partial charge on any atom is 0.250 e. The number of thiophene rings is 1. The van der Waals surface area contributed by atoms with Gasteiger partial charge < -0.3 is 5.73 Å². The number of hydrogen-bond acceptors (Lipinski definition) is 4. The molecule has 0 saturated carbocycles. The Kier molecular flexibility index (Phi) is 4.76. The average molecular weight is 262 g/mol. The lowest BCUT2D eigenvalue weighted by Gasteiger charge is -2.15. The molecule has 0 aliphatic carbocycles. The molecule has 0 spiro atoms. The molecule has 0 fully saturated rings. The van der Waals surface area contributed by atoms with Crippen molar-refractivity contribution in [2.24, 2.45) is 0 Å². The highest BCUT2D eigenvalue weighted by Gasteiger charge is 2.19. The van der Waals surface area contributed by atoms with E-state index in [4.69, 9.17) is 5.73 Å². The number of anilines is 1. The summed E-state index contributed by atoms with van der Waals surface area (Å²) in [4.78, 5) is 0. The zero-order valence-corrected chi connectivity index (χ0v) is 11.2. The van der Waals surface area contributed by atoms with E-state index in [9.17, 15) is 8.42 Å². The number of rotatable bonds is 6. The van der Waals surface area contributed by atoms with E-state index in [2.05, 4.69) is 4.72 Å². The normalized spacial score (nSPS) is 13.9. The van der Waals surface area contributed by atoms with Gasteiger partial charge in [0.15, 0.2) is 0 Å². The molecule has 1 unspecified atom stereocenters. The van der Waals surface area contributed by atoms with Crippen LogP contribution in [0.4, 0.5) is 5.69 Å². The van der Waals surface area contributed by atoms with Crippen LogP contribution in [0.15, 0.2) is 15.7 Å². The number of nitrogens with two attached hydrogens (primary N) is 1. The van der Waals surface area contributed by atoms with Gasteiger partial charge in [-0.1, -0.05) is 20.3 Å². The first-order valence-corrected chi connectivity index (χ1v) is 7.72. The Morgan fingerprint density at radius 3 is 2.62 bits per heavy atom. The van der Waals surface area contributed by atoms with Gasteiger partial charge in [-0.3, -0.25) is 0 Å². The standard InChI is InChI=1S/C10H18N2O2S2/c1-3-5-9(4-2)12-16(13,14)10-6-8(11)7-15-10/h6-7,9,12H,3-5,11H2,1-2H3. The van der Waals surface area contributed by atoms with Gasteiger partial charge in [0.05, 0.1) is 0 Å². The molecule has 16 heavy (non-hydrogen) atoms. The van der Waals surface area contributed by atoms with Crippen LogP contribution < -0.4 is 10.5 Å². The van der Waals surface area contributed by atoms with Gasteiger partial charge in [-0.05, 0) is 18.9 Å². The molecule has 1 aromatic rings. The molecule has 1 aromatic heterocycles. The molecule has 92 valence electrons. The highest BCUT2D eigenvalue weighted by molar-refractivity contribution is 7.91. The van der Waals surface area contributed by atoms with Crippen molar-refractivity contribution >= 4 is 27.0 Å². The molecule has 0 aliphatic rings. The predicted molar refractivity (Wildman–Crippen MR) is 68.0 cm³/mol. The fourth-order valence-corrected chi connectivity index (χ4v) is 3.89. The van der Waals surface area contributed by atoms with Crippen molar-refractivity contribution in [3.63, 3.8) is 0 Å². The van der Waals surface area contributed by atoms with Crippen molar-refractivity contribution in [3.8, 4) is 0 Å². The Hall–Kier alpha value is -0.590. The van der Waals surface area contributed by atoms with E-state index >= 15 is 0 Å². The minimum Gasteiger partial charge on any atom is -0.398 e. The minimum absolute atomic E-state index is 0.0123. The lowest BCUT2D eigenvalue weighted by atomic mass is 10.1. The van der Waals surface area contributed by atoms with Gasteiger partial charge in [0.25, 0.3) is 0 Å². The van der Waals surface area contributed by atoms with Crippen LogP contribution in [0, 0.1) is 0 Å². The lowest BCUT2D eigenvalue weighted by molar-refractivity contribution is 0.513. The highest BCUT2D eigenvalue weighted by atomic mass is 32.2. The second-order valence-electron chi connectivity index (χ2n) is 3.71. The first-order valence-electron chi connectivity index (χ1n) is 5.36. The Morgan fingerprint density at radius 1 is 1.50 bits per heavy atom. The first kappa shape index (κ1) is 13.5. The second kappa shape index (κ2) is 5.65. The van der Waals surface area contributed by atoms with E-state index in [1.807, 2.05) is 13.8 Å². The van der Waals surface area contributed by atoms with Crippen LogP contribution in [0.3, 0.4) is 0 Å². The molecule has 1 heterocycles. The number of nitrogens with one attached hydrogen (secondary N) is 1. The molecule has 0 bridgehead atoms. The van der Waals surface area contributed by atoms with Gasteiger partial charge in [0, 0.05) is 17.1 Å². The van der Waals surface area contributed by atoms with Gasteiger partial charge in [0.2, 0.25) is 10.0 Å². The van der Waals surface area contributed by atoms with E-state index in [0.29, 0.717) is 9.90 Å². The van der Waals surface area contributed by atoms with Crippen molar-refractivity contribution in [3.05, 3.63) is 11.4 Å². The van der Waals surface area contributed by atoms with Gasteiger partial charge in [-0.2, -0.15) is 0 Å². The van der Waals surface area contributed by atoms with E-state index in [-0.39, 0.29) is 6.04 Å². The largest absolute Gasteiger partial charge is 0.398 e. The summed E-state index contributed by atoms with van der Waals surface area (Å²) in [7, 11) is -3.38. The fourth-order valence-electron chi connectivity index (χ4n) is 1.44. The van der Waals surface area contributed by atoms with Gasteiger partial charge >= 0.3 is 0 Å². The topological polar surface area (TPSA) is 72.2 Å². The van der Waals surface area contributed by atoms with Gasteiger partial charge in [-0.25, -0.2) is 13.1 Å². The second-order valence-corrected chi connectivity index (χ2v) is 6.57. The van der Waals surface area contributed by atoms with Crippen LogP contribution in [0.25, 0.3) is 0 Å². The monoisotopic (exact) mass is 262 g/mol. The molecular weight excluding hydrogens is 244 g/mol. The third-order valence-electron chi connectivity index (χ3n) is 2.31. The minimum atomic E-state index is -3.38.